The smallest absolute Gasteiger partial charge is 0.368 e. The average molecular weight is 284 g/mol. The molecule has 1 aliphatic heterocycles. The highest BCUT2D eigenvalue weighted by Gasteiger charge is 2.42. The summed E-state index contributed by atoms with van der Waals surface area (Å²) in [5.41, 5.74) is 5.95. The highest BCUT2D eigenvalue weighted by Crippen LogP contribution is 2.45. The van der Waals surface area contributed by atoms with Crippen LogP contribution in [0.1, 0.15) is 30.4 Å². The molecule has 1 aromatic rings. The number of halogens is 3. The number of alkyl halides is 3. The normalized spacial score (nSPS) is 25.5. The molecular weight excluding hydrogens is 265 g/mol. The fourth-order valence-electron chi connectivity index (χ4n) is 3.60. The quantitative estimate of drug-likeness (QED) is 0.923. The fraction of sp³-hybridized carbons (Fsp3) is 0.600. The van der Waals surface area contributed by atoms with Crippen LogP contribution in [0.2, 0.25) is 0 Å². The predicted octanol–water partition coefficient (Wildman–Crippen LogP) is 3.20. The van der Waals surface area contributed by atoms with Gasteiger partial charge in [-0.15, -0.1) is 0 Å². The Balaban J connectivity index is 1.97. The summed E-state index contributed by atoms with van der Waals surface area (Å²) in [4.78, 5) is 1.96. The Morgan fingerprint density at radius 3 is 2.60 bits per heavy atom. The molecule has 1 saturated carbocycles. The van der Waals surface area contributed by atoms with Crippen molar-refractivity contribution in [3.05, 3.63) is 29.3 Å². The van der Waals surface area contributed by atoms with Gasteiger partial charge < -0.3 is 10.6 Å². The van der Waals surface area contributed by atoms with Crippen LogP contribution in [0.4, 0.5) is 18.9 Å². The molecule has 2 fully saturated rings. The molecule has 110 valence electrons. The standard InChI is InChI=1S/C15H19F3N2/c16-15(17,18)13-8-10(5-6-19)2-4-14(13)20-9-11-1-3-12(20)7-11/h2,4,8,11-12H,1,3,5-7,9,19H2. The highest BCUT2D eigenvalue weighted by atomic mass is 19.4. The molecule has 0 spiro atoms. The molecule has 2 bridgehead atoms. The van der Waals surface area contributed by atoms with E-state index in [-0.39, 0.29) is 0 Å². The first-order chi connectivity index (χ1) is 9.49. The minimum atomic E-state index is -4.30. The van der Waals surface area contributed by atoms with Crippen LogP contribution < -0.4 is 10.6 Å². The second-order valence-electron chi connectivity index (χ2n) is 5.87. The molecule has 1 aromatic carbocycles. The molecule has 5 heteroatoms. The number of hydrogen-bond acceptors (Lipinski definition) is 2. The van der Waals surface area contributed by atoms with Crippen LogP contribution in [0, 0.1) is 5.92 Å². The maximum absolute atomic E-state index is 13.3. The second kappa shape index (κ2) is 4.95. The molecule has 0 amide bonds. The zero-order chi connectivity index (χ0) is 14.3. The third kappa shape index (κ3) is 2.39. The molecule has 0 radical (unpaired) electrons. The van der Waals surface area contributed by atoms with Crippen LogP contribution >= 0.6 is 0 Å². The predicted molar refractivity (Wildman–Crippen MR) is 72.7 cm³/mol. The summed E-state index contributed by atoms with van der Waals surface area (Å²) in [6.45, 7) is 1.13. The summed E-state index contributed by atoms with van der Waals surface area (Å²) < 4.78 is 39.9. The van der Waals surface area contributed by atoms with Crippen LogP contribution in [0.25, 0.3) is 0 Å². The Morgan fingerprint density at radius 1 is 1.25 bits per heavy atom. The van der Waals surface area contributed by atoms with E-state index < -0.39 is 11.7 Å². The average Bonchev–Trinajstić information content (AvgIpc) is 3.00. The van der Waals surface area contributed by atoms with Crippen molar-refractivity contribution < 1.29 is 13.2 Å². The monoisotopic (exact) mass is 284 g/mol. The van der Waals surface area contributed by atoms with Gasteiger partial charge in [-0.1, -0.05) is 6.07 Å². The lowest BCUT2D eigenvalue weighted by atomic mass is 10.0. The van der Waals surface area contributed by atoms with E-state index in [0.717, 1.165) is 25.8 Å². The van der Waals surface area contributed by atoms with Gasteiger partial charge in [0.2, 0.25) is 0 Å². The highest BCUT2D eigenvalue weighted by molar-refractivity contribution is 5.58. The van der Waals surface area contributed by atoms with Gasteiger partial charge in [-0.05, 0) is 55.8 Å². The molecule has 1 saturated heterocycles. The van der Waals surface area contributed by atoms with E-state index in [4.69, 9.17) is 5.73 Å². The summed E-state index contributed by atoms with van der Waals surface area (Å²) in [5, 5.41) is 0. The summed E-state index contributed by atoms with van der Waals surface area (Å²) in [5.74, 6) is 0.574. The minimum absolute atomic E-state index is 0.293. The van der Waals surface area contributed by atoms with Gasteiger partial charge in [0.25, 0.3) is 0 Å². The van der Waals surface area contributed by atoms with Crippen molar-refractivity contribution >= 4 is 5.69 Å². The first kappa shape index (κ1) is 13.7. The third-order valence-corrected chi connectivity index (χ3v) is 4.52. The SMILES string of the molecule is NCCc1ccc(N2CC3CCC2C3)c(C(F)(F)F)c1. The zero-order valence-corrected chi connectivity index (χ0v) is 11.3. The molecule has 2 nitrogen and oxygen atoms in total. The van der Waals surface area contributed by atoms with Gasteiger partial charge in [0.05, 0.1) is 5.56 Å². The maximum atomic E-state index is 13.3. The van der Waals surface area contributed by atoms with Crippen LogP contribution in [0.3, 0.4) is 0 Å². The Bertz CT molecular complexity index is 498. The van der Waals surface area contributed by atoms with Gasteiger partial charge in [0, 0.05) is 18.3 Å². The van der Waals surface area contributed by atoms with E-state index >= 15 is 0 Å². The van der Waals surface area contributed by atoms with Crippen LogP contribution in [-0.2, 0) is 12.6 Å². The molecule has 20 heavy (non-hydrogen) atoms. The van der Waals surface area contributed by atoms with Crippen molar-refractivity contribution in [2.75, 3.05) is 18.0 Å². The number of nitrogens with two attached hydrogens (primary N) is 1. The minimum Gasteiger partial charge on any atom is -0.368 e. The van der Waals surface area contributed by atoms with Gasteiger partial charge in [-0.2, -0.15) is 13.2 Å². The maximum Gasteiger partial charge on any atom is 0.418 e. The first-order valence-electron chi connectivity index (χ1n) is 7.16. The number of rotatable bonds is 3. The lowest BCUT2D eigenvalue weighted by molar-refractivity contribution is -0.137. The lowest BCUT2D eigenvalue weighted by Gasteiger charge is -2.31. The summed E-state index contributed by atoms with van der Waals surface area (Å²) >= 11 is 0. The molecule has 2 unspecified atom stereocenters. The molecule has 2 aliphatic rings. The molecule has 3 rings (SSSR count). The molecular formula is C15H19F3N2. The van der Waals surface area contributed by atoms with Gasteiger partial charge >= 0.3 is 6.18 Å². The number of nitrogens with zero attached hydrogens (tertiary/aromatic N) is 1. The topological polar surface area (TPSA) is 29.3 Å². The van der Waals surface area contributed by atoms with E-state index in [1.54, 1.807) is 12.1 Å². The van der Waals surface area contributed by atoms with Gasteiger partial charge in [-0.25, -0.2) is 0 Å². The van der Waals surface area contributed by atoms with Crippen molar-refractivity contribution in [3.8, 4) is 0 Å². The van der Waals surface area contributed by atoms with Crippen molar-refractivity contribution in [1.29, 1.82) is 0 Å². The van der Waals surface area contributed by atoms with Crippen molar-refractivity contribution in [1.82, 2.24) is 0 Å². The van der Waals surface area contributed by atoms with Crippen LogP contribution in [-0.4, -0.2) is 19.1 Å². The van der Waals surface area contributed by atoms with Gasteiger partial charge in [0.1, 0.15) is 0 Å². The van der Waals surface area contributed by atoms with E-state index in [1.807, 2.05) is 4.90 Å². The van der Waals surface area contributed by atoms with E-state index in [9.17, 15) is 13.2 Å². The largest absolute Gasteiger partial charge is 0.418 e. The Labute approximate surface area is 116 Å². The third-order valence-electron chi connectivity index (χ3n) is 4.52. The number of fused-ring (bicyclic) bond motifs is 2. The molecule has 2 atom stereocenters. The number of piperidine rings is 1. The molecule has 1 aliphatic carbocycles. The van der Waals surface area contributed by atoms with Gasteiger partial charge in [0.15, 0.2) is 0 Å². The van der Waals surface area contributed by atoms with E-state index in [2.05, 4.69) is 0 Å². The summed E-state index contributed by atoms with van der Waals surface area (Å²) in [6.07, 6.45) is -0.598. The summed E-state index contributed by atoms with van der Waals surface area (Å²) in [6, 6.07) is 4.98. The van der Waals surface area contributed by atoms with E-state index in [1.165, 1.54) is 6.07 Å². The Hall–Kier alpha value is -1.23. The van der Waals surface area contributed by atoms with Crippen molar-refractivity contribution in [2.24, 2.45) is 11.7 Å². The molecule has 0 aromatic heterocycles. The van der Waals surface area contributed by atoms with Crippen LogP contribution in [0.5, 0.6) is 0 Å². The molecule has 2 N–H and O–H groups in total. The van der Waals surface area contributed by atoms with Crippen molar-refractivity contribution in [2.45, 2.75) is 37.9 Å². The Morgan fingerprint density at radius 2 is 2.05 bits per heavy atom. The Kier molecular flexibility index (Phi) is 3.40. The number of anilines is 1. The zero-order valence-electron chi connectivity index (χ0n) is 11.3. The first-order valence-corrected chi connectivity index (χ1v) is 7.16. The van der Waals surface area contributed by atoms with Crippen molar-refractivity contribution in [3.63, 3.8) is 0 Å². The number of hydrogen-bond donors (Lipinski definition) is 1. The summed E-state index contributed by atoms with van der Waals surface area (Å²) in [7, 11) is 0. The lowest BCUT2D eigenvalue weighted by Crippen LogP contribution is -2.33. The fourth-order valence-corrected chi connectivity index (χ4v) is 3.60. The number of benzene rings is 1. The molecule has 1 heterocycles. The van der Waals surface area contributed by atoms with Gasteiger partial charge in [-0.3, -0.25) is 0 Å². The second-order valence-corrected chi connectivity index (χ2v) is 5.87. The van der Waals surface area contributed by atoms with Crippen LogP contribution in [0.15, 0.2) is 18.2 Å². The van der Waals surface area contributed by atoms with E-state index in [0.29, 0.717) is 36.2 Å².